The lowest BCUT2D eigenvalue weighted by Gasteiger charge is -2.60. The van der Waals surface area contributed by atoms with Crippen LogP contribution in [0.2, 0.25) is 0 Å². The Labute approximate surface area is 189 Å². The molecule has 1 N–H and O–H groups in total. The molecule has 2 nitrogen and oxygen atoms in total. The van der Waals surface area contributed by atoms with Crippen LogP contribution in [0.15, 0.2) is 41.5 Å². The predicted molar refractivity (Wildman–Crippen MR) is 127 cm³/mol. The summed E-state index contributed by atoms with van der Waals surface area (Å²) in [6.07, 6.45) is 9.93. The predicted octanol–water partition coefficient (Wildman–Crippen LogP) is 7.17. The first-order valence-electron chi connectivity index (χ1n) is 12.8. The molecule has 0 heterocycles. The van der Waals surface area contributed by atoms with Crippen LogP contribution in [0.25, 0.3) is 0 Å². The van der Waals surface area contributed by atoms with E-state index in [0.29, 0.717) is 22.7 Å². The SMILES string of the molecule is C[C@@H](Oc1ccccc1)[C@H]1CC[C@H]2C3=C(CC[C@]12C)[C@@]1(C)CC[C@H](O)C(C)(C)[C@@H]1CC3. The molecule has 5 rings (SSSR count). The van der Waals surface area contributed by atoms with Gasteiger partial charge in [-0.05, 0) is 98.5 Å². The summed E-state index contributed by atoms with van der Waals surface area (Å²) in [4.78, 5) is 0. The van der Waals surface area contributed by atoms with E-state index in [4.69, 9.17) is 4.74 Å². The second-order valence-corrected chi connectivity index (χ2v) is 12.3. The zero-order valence-electron chi connectivity index (χ0n) is 20.3. The van der Waals surface area contributed by atoms with Gasteiger partial charge in [0.25, 0.3) is 0 Å². The van der Waals surface area contributed by atoms with Crippen molar-refractivity contribution < 1.29 is 9.84 Å². The van der Waals surface area contributed by atoms with Gasteiger partial charge in [-0.15, -0.1) is 0 Å². The zero-order valence-corrected chi connectivity index (χ0v) is 20.3. The lowest BCUT2D eigenvalue weighted by molar-refractivity contribution is -0.0933. The first kappa shape index (κ1) is 21.6. The van der Waals surface area contributed by atoms with Crippen LogP contribution in [0, 0.1) is 34.0 Å². The van der Waals surface area contributed by atoms with E-state index in [9.17, 15) is 5.11 Å². The number of benzene rings is 1. The summed E-state index contributed by atoms with van der Waals surface area (Å²) in [5.74, 6) is 2.98. The molecule has 170 valence electrons. The molecule has 4 aliphatic carbocycles. The summed E-state index contributed by atoms with van der Waals surface area (Å²) >= 11 is 0. The standard InChI is InChI=1S/C29H42O2/c1-19(31-20-9-7-6-8-10-20)22-12-13-23-21-11-14-25-27(2,3)26(30)16-18-29(25,5)24(21)15-17-28(22,23)4/h6-10,19,22-23,25-26,30H,11-18H2,1-5H3/t19-,22-,23+,25+,26+,28-,29-/m1/s1. The first-order valence-corrected chi connectivity index (χ1v) is 12.8. The lowest BCUT2D eigenvalue weighted by atomic mass is 9.46. The maximum absolute atomic E-state index is 10.8. The zero-order chi connectivity index (χ0) is 22.0. The first-order chi connectivity index (χ1) is 14.7. The summed E-state index contributed by atoms with van der Waals surface area (Å²) in [5.41, 5.74) is 4.32. The van der Waals surface area contributed by atoms with Crippen molar-refractivity contribution in [2.24, 2.45) is 34.0 Å². The molecule has 31 heavy (non-hydrogen) atoms. The molecular formula is C29H42O2. The molecule has 0 unspecified atom stereocenters. The van der Waals surface area contributed by atoms with Crippen LogP contribution >= 0.6 is 0 Å². The average molecular weight is 423 g/mol. The summed E-state index contributed by atoms with van der Waals surface area (Å²) < 4.78 is 6.45. The summed E-state index contributed by atoms with van der Waals surface area (Å²) in [7, 11) is 0. The minimum atomic E-state index is -0.145. The molecule has 0 saturated heterocycles. The molecule has 2 fully saturated rings. The van der Waals surface area contributed by atoms with Gasteiger partial charge >= 0.3 is 0 Å². The molecule has 4 aliphatic rings. The Kier molecular flexibility index (Phi) is 5.13. The van der Waals surface area contributed by atoms with E-state index in [-0.39, 0.29) is 17.6 Å². The van der Waals surface area contributed by atoms with E-state index in [0.717, 1.165) is 18.1 Å². The Hall–Kier alpha value is -1.28. The van der Waals surface area contributed by atoms with Crippen molar-refractivity contribution >= 4 is 0 Å². The van der Waals surface area contributed by atoms with E-state index < -0.39 is 0 Å². The monoisotopic (exact) mass is 422 g/mol. The molecule has 0 radical (unpaired) electrons. The molecule has 0 spiro atoms. The number of aliphatic hydroxyl groups excluding tert-OH is 1. The Morgan fingerprint density at radius 3 is 2.42 bits per heavy atom. The Balaban J connectivity index is 1.43. The largest absolute Gasteiger partial charge is 0.490 e. The van der Waals surface area contributed by atoms with Crippen molar-refractivity contribution in [1.29, 1.82) is 0 Å². The minimum absolute atomic E-state index is 0.0303. The van der Waals surface area contributed by atoms with Gasteiger partial charge in [0, 0.05) is 5.92 Å². The maximum Gasteiger partial charge on any atom is 0.119 e. The molecule has 1 aromatic rings. The van der Waals surface area contributed by atoms with Crippen LogP contribution in [0.5, 0.6) is 5.75 Å². The Morgan fingerprint density at radius 2 is 1.68 bits per heavy atom. The van der Waals surface area contributed by atoms with Gasteiger partial charge in [-0.25, -0.2) is 0 Å². The van der Waals surface area contributed by atoms with Crippen LogP contribution in [0.3, 0.4) is 0 Å². The third kappa shape index (κ3) is 3.15. The highest BCUT2D eigenvalue weighted by Crippen LogP contribution is 2.67. The molecule has 0 bridgehead atoms. The van der Waals surface area contributed by atoms with Crippen LogP contribution in [0.1, 0.15) is 86.0 Å². The van der Waals surface area contributed by atoms with Crippen LogP contribution in [0.4, 0.5) is 0 Å². The van der Waals surface area contributed by atoms with Crippen molar-refractivity contribution in [3.05, 3.63) is 41.5 Å². The quantitative estimate of drug-likeness (QED) is 0.523. The number of para-hydroxylation sites is 1. The number of rotatable bonds is 3. The number of hydrogen-bond acceptors (Lipinski definition) is 2. The number of aliphatic hydroxyl groups is 1. The van der Waals surface area contributed by atoms with Gasteiger partial charge < -0.3 is 9.84 Å². The highest BCUT2D eigenvalue weighted by Gasteiger charge is 2.59. The van der Waals surface area contributed by atoms with E-state index in [1.807, 2.05) is 11.1 Å². The third-order valence-corrected chi connectivity index (χ3v) is 10.6. The van der Waals surface area contributed by atoms with Crippen molar-refractivity contribution in [2.75, 3.05) is 0 Å². The number of ether oxygens (including phenoxy) is 1. The molecule has 0 amide bonds. The molecular weight excluding hydrogens is 380 g/mol. The van der Waals surface area contributed by atoms with E-state index >= 15 is 0 Å². The second kappa shape index (κ2) is 7.37. The normalized spacial score (nSPS) is 42.4. The number of fused-ring (bicyclic) bond motifs is 4. The summed E-state index contributed by atoms with van der Waals surface area (Å²) in [6, 6.07) is 10.4. The Morgan fingerprint density at radius 1 is 0.935 bits per heavy atom. The Bertz CT molecular complexity index is 855. The van der Waals surface area contributed by atoms with Crippen LogP contribution in [-0.4, -0.2) is 17.3 Å². The lowest BCUT2D eigenvalue weighted by Crippen LogP contribution is -2.53. The molecule has 1 aromatic carbocycles. The van der Waals surface area contributed by atoms with Crippen molar-refractivity contribution in [3.8, 4) is 5.75 Å². The van der Waals surface area contributed by atoms with Gasteiger partial charge in [0.05, 0.1) is 12.2 Å². The summed E-state index contributed by atoms with van der Waals surface area (Å²) in [6.45, 7) is 12.1. The van der Waals surface area contributed by atoms with E-state index in [1.165, 1.54) is 44.9 Å². The van der Waals surface area contributed by atoms with Gasteiger partial charge in [0.15, 0.2) is 0 Å². The van der Waals surface area contributed by atoms with E-state index in [2.05, 4.69) is 65.0 Å². The van der Waals surface area contributed by atoms with Crippen molar-refractivity contribution in [2.45, 2.75) is 98.2 Å². The number of allylic oxidation sites excluding steroid dienone is 2. The molecule has 2 saturated carbocycles. The van der Waals surface area contributed by atoms with Gasteiger partial charge in [0.2, 0.25) is 0 Å². The fraction of sp³-hybridized carbons (Fsp3) is 0.724. The molecule has 2 heteroatoms. The van der Waals surface area contributed by atoms with Crippen LogP contribution in [-0.2, 0) is 0 Å². The smallest absolute Gasteiger partial charge is 0.119 e. The van der Waals surface area contributed by atoms with Gasteiger partial charge in [-0.1, -0.05) is 57.0 Å². The average Bonchev–Trinajstić information content (AvgIpc) is 3.09. The second-order valence-electron chi connectivity index (χ2n) is 12.3. The molecule has 7 atom stereocenters. The van der Waals surface area contributed by atoms with E-state index in [1.54, 1.807) is 0 Å². The maximum atomic E-state index is 10.8. The fourth-order valence-electron chi connectivity index (χ4n) is 8.89. The fourth-order valence-corrected chi connectivity index (χ4v) is 8.89. The highest BCUT2D eigenvalue weighted by molar-refractivity contribution is 5.35. The summed E-state index contributed by atoms with van der Waals surface area (Å²) in [5, 5.41) is 10.8. The van der Waals surface area contributed by atoms with Gasteiger partial charge in [-0.3, -0.25) is 0 Å². The van der Waals surface area contributed by atoms with Crippen LogP contribution < -0.4 is 4.74 Å². The molecule has 0 aromatic heterocycles. The highest BCUT2D eigenvalue weighted by atomic mass is 16.5. The van der Waals surface area contributed by atoms with Crippen molar-refractivity contribution in [1.82, 2.24) is 0 Å². The minimum Gasteiger partial charge on any atom is -0.490 e. The topological polar surface area (TPSA) is 29.5 Å². The number of hydrogen-bond donors (Lipinski definition) is 1. The van der Waals surface area contributed by atoms with Gasteiger partial charge in [-0.2, -0.15) is 0 Å². The van der Waals surface area contributed by atoms with Crippen molar-refractivity contribution in [3.63, 3.8) is 0 Å². The molecule has 0 aliphatic heterocycles. The van der Waals surface area contributed by atoms with Gasteiger partial charge in [0.1, 0.15) is 5.75 Å². The third-order valence-electron chi connectivity index (χ3n) is 10.6.